The fourth-order valence-corrected chi connectivity index (χ4v) is 2.75. The molecule has 25 heavy (non-hydrogen) atoms. The molecule has 126 valence electrons. The molecule has 0 spiro atoms. The number of ether oxygens (including phenoxy) is 2. The van der Waals surface area contributed by atoms with Crippen molar-refractivity contribution in [2.45, 2.75) is 6.92 Å². The molecule has 5 heteroatoms. The van der Waals surface area contributed by atoms with Crippen LogP contribution in [0.1, 0.15) is 18.3 Å². The quantitative estimate of drug-likeness (QED) is 0.661. The van der Waals surface area contributed by atoms with E-state index in [4.69, 9.17) is 9.47 Å². The summed E-state index contributed by atoms with van der Waals surface area (Å²) < 4.78 is 12.8. The fraction of sp³-hybridized carbons (Fsp3) is 0.200. The van der Waals surface area contributed by atoms with E-state index < -0.39 is 0 Å². The zero-order valence-corrected chi connectivity index (χ0v) is 14.5. The van der Waals surface area contributed by atoms with E-state index in [1.165, 1.54) is 0 Å². The van der Waals surface area contributed by atoms with Gasteiger partial charge < -0.3 is 14.0 Å². The molecule has 0 fully saturated rings. The molecule has 2 aromatic carbocycles. The van der Waals surface area contributed by atoms with Gasteiger partial charge in [0.1, 0.15) is 6.07 Å². The van der Waals surface area contributed by atoms with Gasteiger partial charge in [-0.25, -0.2) is 4.98 Å². The lowest BCUT2D eigenvalue weighted by Gasteiger charge is -2.09. The van der Waals surface area contributed by atoms with Crippen molar-refractivity contribution in [2.75, 3.05) is 13.7 Å². The first-order valence-corrected chi connectivity index (χ1v) is 8.02. The number of nitriles is 1. The molecule has 0 atom stereocenters. The van der Waals surface area contributed by atoms with E-state index >= 15 is 0 Å². The van der Waals surface area contributed by atoms with Crippen LogP contribution in [0.5, 0.6) is 11.5 Å². The molecule has 0 saturated heterocycles. The van der Waals surface area contributed by atoms with Gasteiger partial charge in [-0.05, 0) is 42.8 Å². The van der Waals surface area contributed by atoms with E-state index in [0.29, 0.717) is 29.5 Å². The first-order valence-electron chi connectivity index (χ1n) is 8.02. The molecule has 3 rings (SSSR count). The highest BCUT2D eigenvalue weighted by Gasteiger charge is 2.12. The van der Waals surface area contributed by atoms with E-state index in [1.807, 2.05) is 61.0 Å². The molecule has 0 saturated carbocycles. The number of aryl methyl sites for hydroxylation is 1. The van der Waals surface area contributed by atoms with Crippen LogP contribution in [-0.4, -0.2) is 23.3 Å². The maximum Gasteiger partial charge on any atom is 0.161 e. The Morgan fingerprint density at radius 2 is 2.04 bits per heavy atom. The summed E-state index contributed by atoms with van der Waals surface area (Å²) in [5.74, 6) is 1.96. The molecule has 0 N–H and O–H groups in total. The minimum Gasteiger partial charge on any atom is -0.493 e. The SMILES string of the molecule is CCOc1ccc(/C=C(\C#N)c2nc3ccccc3n2C)cc1OC. The monoisotopic (exact) mass is 333 g/mol. The number of fused-ring (bicyclic) bond motifs is 1. The predicted octanol–water partition coefficient (Wildman–Crippen LogP) is 4.04. The first-order chi connectivity index (χ1) is 12.2. The average Bonchev–Trinajstić information content (AvgIpc) is 2.98. The van der Waals surface area contributed by atoms with Gasteiger partial charge in [-0.1, -0.05) is 18.2 Å². The van der Waals surface area contributed by atoms with Crippen LogP contribution in [0.15, 0.2) is 42.5 Å². The van der Waals surface area contributed by atoms with Crippen molar-refractivity contribution >= 4 is 22.7 Å². The van der Waals surface area contributed by atoms with Gasteiger partial charge in [-0.15, -0.1) is 0 Å². The second-order valence-corrected chi connectivity index (χ2v) is 5.50. The van der Waals surface area contributed by atoms with Crippen molar-refractivity contribution in [3.8, 4) is 17.6 Å². The van der Waals surface area contributed by atoms with Crippen molar-refractivity contribution < 1.29 is 9.47 Å². The number of hydrogen-bond acceptors (Lipinski definition) is 4. The summed E-state index contributed by atoms with van der Waals surface area (Å²) in [6.07, 6.45) is 1.81. The number of allylic oxidation sites excluding steroid dienone is 1. The summed E-state index contributed by atoms with van der Waals surface area (Å²) in [6.45, 7) is 2.49. The third kappa shape index (κ3) is 3.20. The Morgan fingerprint density at radius 1 is 1.24 bits per heavy atom. The Labute approximate surface area is 146 Å². The first kappa shape index (κ1) is 16.6. The highest BCUT2D eigenvalue weighted by Crippen LogP contribution is 2.30. The molecule has 3 aromatic rings. The van der Waals surface area contributed by atoms with E-state index in [1.54, 1.807) is 13.2 Å². The summed E-state index contributed by atoms with van der Waals surface area (Å²) in [6, 6.07) is 15.7. The lowest BCUT2D eigenvalue weighted by molar-refractivity contribution is 0.311. The van der Waals surface area contributed by atoms with Gasteiger partial charge in [-0.2, -0.15) is 5.26 Å². The molecule has 0 bridgehead atoms. The fourth-order valence-electron chi connectivity index (χ4n) is 2.75. The Kier molecular flexibility index (Phi) is 4.71. The molecular weight excluding hydrogens is 314 g/mol. The van der Waals surface area contributed by atoms with Crippen LogP contribution in [0.3, 0.4) is 0 Å². The smallest absolute Gasteiger partial charge is 0.161 e. The van der Waals surface area contributed by atoms with Crippen LogP contribution in [0, 0.1) is 11.3 Å². The summed E-state index contributed by atoms with van der Waals surface area (Å²) in [7, 11) is 3.51. The van der Waals surface area contributed by atoms with E-state index in [0.717, 1.165) is 16.6 Å². The van der Waals surface area contributed by atoms with Crippen LogP contribution in [0.4, 0.5) is 0 Å². The van der Waals surface area contributed by atoms with Crippen molar-refractivity contribution in [3.05, 3.63) is 53.9 Å². The third-order valence-corrected chi connectivity index (χ3v) is 3.95. The second-order valence-electron chi connectivity index (χ2n) is 5.50. The molecule has 0 aliphatic rings. The number of para-hydroxylation sites is 2. The molecule has 1 aromatic heterocycles. The van der Waals surface area contributed by atoms with Gasteiger partial charge in [0.2, 0.25) is 0 Å². The number of hydrogen-bond donors (Lipinski definition) is 0. The molecule has 0 radical (unpaired) electrons. The van der Waals surface area contributed by atoms with Crippen molar-refractivity contribution in [2.24, 2.45) is 7.05 Å². The predicted molar refractivity (Wildman–Crippen MR) is 98.4 cm³/mol. The molecule has 0 aliphatic heterocycles. The zero-order chi connectivity index (χ0) is 17.8. The molecular formula is C20H19N3O2. The van der Waals surface area contributed by atoms with E-state index in [2.05, 4.69) is 11.1 Å². The molecule has 0 unspecified atom stereocenters. The molecule has 0 amide bonds. The van der Waals surface area contributed by atoms with Crippen LogP contribution in [-0.2, 0) is 7.05 Å². The topological polar surface area (TPSA) is 60.1 Å². The van der Waals surface area contributed by atoms with Gasteiger partial charge in [0, 0.05) is 7.05 Å². The molecule has 1 heterocycles. The average molecular weight is 333 g/mol. The summed E-state index contributed by atoms with van der Waals surface area (Å²) in [4.78, 5) is 4.59. The van der Waals surface area contributed by atoms with Gasteiger partial charge in [0.05, 0.1) is 30.3 Å². The zero-order valence-electron chi connectivity index (χ0n) is 14.5. The van der Waals surface area contributed by atoms with E-state index in [9.17, 15) is 5.26 Å². The Bertz CT molecular complexity index is 980. The standard InChI is InChI=1S/C20H19N3O2/c1-4-25-18-10-9-14(12-19(18)24-3)11-15(13-21)20-22-16-7-5-6-8-17(16)23(20)2/h5-12H,4H2,1-3H3/b15-11+. The largest absolute Gasteiger partial charge is 0.493 e. The Hall–Kier alpha value is -3.26. The van der Waals surface area contributed by atoms with Gasteiger partial charge in [0.25, 0.3) is 0 Å². The van der Waals surface area contributed by atoms with Crippen LogP contribution in [0.25, 0.3) is 22.7 Å². The number of methoxy groups -OCH3 is 1. The maximum absolute atomic E-state index is 9.63. The van der Waals surface area contributed by atoms with Gasteiger partial charge in [0.15, 0.2) is 17.3 Å². The lowest BCUT2D eigenvalue weighted by atomic mass is 10.1. The summed E-state index contributed by atoms with van der Waals surface area (Å²) in [5.41, 5.74) is 3.20. The Morgan fingerprint density at radius 3 is 2.72 bits per heavy atom. The minimum absolute atomic E-state index is 0.491. The number of imidazole rings is 1. The highest BCUT2D eigenvalue weighted by molar-refractivity contribution is 5.91. The number of aromatic nitrogens is 2. The minimum atomic E-state index is 0.491. The van der Waals surface area contributed by atoms with Crippen LogP contribution >= 0.6 is 0 Å². The van der Waals surface area contributed by atoms with Gasteiger partial charge in [-0.3, -0.25) is 0 Å². The van der Waals surface area contributed by atoms with Crippen LogP contribution < -0.4 is 9.47 Å². The lowest BCUT2D eigenvalue weighted by Crippen LogP contribution is -1.97. The normalized spacial score (nSPS) is 11.4. The molecule has 0 aliphatic carbocycles. The summed E-state index contributed by atoms with van der Waals surface area (Å²) >= 11 is 0. The van der Waals surface area contributed by atoms with Gasteiger partial charge >= 0.3 is 0 Å². The van der Waals surface area contributed by atoms with Crippen molar-refractivity contribution in [3.63, 3.8) is 0 Å². The number of nitrogens with zero attached hydrogens (tertiary/aromatic N) is 3. The Balaban J connectivity index is 2.06. The maximum atomic E-state index is 9.63. The number of benzene rings is 2. The van der Waals surface area contributed by atoms with Crippen molar-refractivity contribution in [1.82, 2.24) is 9.55 Å². The second kappa shape index (κ2) is 7.10. The van der Waals surface area contributed by atoms with Crippen LogP contribution in [0.2, 0.25) is 0 Å². The molecule has 5 nitrogen and oxygen atoms in total. The van der Waals surface area contributed by atoms with Crippen molar-refractivity contribution in [1.29, 1.82) is 5.26 Å². The van der Waals surface area contributed by atoms with E-state index in [-0.39, 0.29) is 0 Å². The number of rotatable bonds is 5. The summed E-state index contributed by atoms with van der Waals surface area (Å²) in [5, 5.41) is 9.63. The highest BCUT2D eigenvalue weighted by atomic mass is 16.5. The third-order valence-electron chi connectivity index (χ3n) is 3.95.